The highest BCUT2D eigenvalue weighted by atomic mass is 16.6. The zero-order valence-electron chi connectivity index (χ0n) is 8.28. The Balaban J connectivity index is 2.25. The molecule has 0 saturated carbocycles. The predicted octanol–water partition coefficient (Wildman–Crippen LogP) is 1.24. The summed E-state index contributed by atoms with van der Waals surface area (Å²) < 4.78 is 0. The van der Waals surface area contributed by atoms with Gasteiger partial charge >= 0.3 is 0 Å². The molecule has 0 fully saturated rings. The van der Waals surface area contributed by atoms with Crippen LogP contribution in [0.4, 0.5) is 0 Å². The highest BCUT2D eigenvalue weighted by molar-refractivity contribution is 5.97. The number of nitrogens with zero attached hydrogens (tertiary/aromatic N) is 1. The topological polar surface area (TPSA) is 67.0 Å². The number of rotatable bonds is 3. The number of aromatic nitrogens is 2. The molecule has 2 N–H and O–H groups in total. The second-order valence-corrected chi connectivity index (χ2v) is 3.01. The SMILES string of the molecule is CCONC(=O)c1cc2ccncc2[nH]1. The molecule has 0 unspecified atom stereocenters. The fourth-order valence-corrected chi connectivity index (χ4v) is 1.29. The van der Waals surface area contributed by atoms with E-state index in [0.717, 1.165) is 10.9 Å². The monoisotopic (exact) mass is 205 g/mol. The lowest BCUT2D eigenvalue weighted by Crippen LogP contribution is -2.23. The van der Waals surface area contributed by atoms with E-state index < -0.39 is 0 Å². The highest BCUT2D eigenvalue weighted by Crippen LogP contribution is 2.12. The minimum Gasteiger partial charge on any atom is -0.349 e. The van der Waals surface area contributed by atoms with Crippen molar-refractivity contribution in [2.45, 2.75) is 6.92 Å². The first-order valence-corrected chi connectivity index (χ1v) is 4.66. The van der Waals surface area contributed by atoms with Crippen LogP contribution in [-0.2, 0) is 4.84 Å². The molecule has 2 heterocycles. The van der Waals surface area contributed by atoms with Gasteiger partial charge in [0, 0.05) is 11.6 Å². The van der Waals surface area contributed by atoms with Crippen molar-refractivity contribution in [3.8, 4) is 0 Å². The van der Waals surface area contributed by atoms with E-state index in [1.165, 1.54) is 0 Å². The summed E-state index contributed by atoms with van der Waals surface area (Å²) >= 11 is 0. The lowest BCUT2D eigenvalue weighted by molar-refractivity contribution is 0.0360. The maximum atomic E-state index is 11.5. The molecule has 2 rings (SSSR count). The fraction of sp³-hybridized carbons (Fsp3) is 0.200. The Morgan fingerprint density at radius 2 is 2.53 bits per heavy atom. The molecule has 1 amide bonds. The first-order valence-electron chi connectivity index (χ1n) is 4.66. The standard InChI is InChI=1S/C10H11N3O2/c1-2-15-13-10(14)8-5-7-3-4-11-6-9(7)12-8/h3-6,12H,2H2,1H3,(H,13,14). The van der Waals surface area contributed by atoms with Gasteiger partial charge in [0.25, 0.3) is 5.91 Å². The summed E-state index contributed by atoms with van der Waals surface area (Å²) in [5.74, 6) is -0.284. The minimum absolute atomic E-state index is 0.284. The van der Waals surface area contributed by atoms with E-state index in [0.29, 0.717) is 12.3 Å². The second kappa shape index (κ2) is 4.10. The van der Waals surface area contributed by atoms with Gasteiger partial charge < -0.3 is 4.98 Å². The van der Waals surface area contributed by atoms with Crippen LogP contribution in [0.2, 0.25) is 0 Å². The van der Waals surface area contributed by atoms with Crippen molar-refractivity contribution in [1.29, 1.82) is 0 Å². The maximum absolute atomic E-state index is 11.5. The quantitative estimate of drug-likeness (QED) is 0.741. The zero-order chi connectivity index (χ0) is 10.7. The number of hydroxylamine groups is 1. The molecule has 0 aliphatic heterocycles. The van der Waals surface area contributed by atoms with Gasteiger partial charge in [-0.3, -0.25) is 14.6 Å². The maximum Gasteiger partial charge on any atom is 0.291 e. The first kappa shape index (κ1) is 9.67. The van der Waals surface area contributed by atoms with E-state index in [1.54, 1.807) is 25.4 Å². The number of nitrogens with one attached hydrogen (secondary N) is 2. The average molecular weight is 205 g/mol. The second-order valence-electron chi connectivity index (χ2n) is 3.01. The van der Waals surface area contributed by atoms with E-state index >= 15 is 0 Å². The van der Waals surface area contributed by atoms with Gasteiger partial charge in [-0.2, -0.15) is 0 Å². The van der Waals surface area contributed by atoms with Gasteiger partial charge in [0.2, 0.25) is 0 Å². The Bertz CT molecular complexity index is 445. The van der Waals surface area contributed by atoms with Gasteiger partial charge in [-0.1, -0.05) is 0 Å². The molecule has 0 aliphatic rings. The van der Waals surface area contributed by atoms with Crippen molar-refractivity contribution in [3.05, 3.63) is 30.2 Å². The molecule has 0 bridgehead atoms. The van der Waals surface area contributed by atoms with Crippen molar-refractivity contribution < 1.29 is 9.63 Å². The largest absolute Gasteiger partial charge is 0.349 e. The van der Waals surface area contributed by atoms with Crippen molar-refractivity contribution in [3.63, 3.8) is 0 Å². The predicted molar refractivity (Wildman–Crippen MR) is 55.2 cm³/mol. The van der Waals surface area contributed by atoms with E-state index in [1.807, 2.05) is 6.07 Å². The van der Waals surface area contributed by atoms with Gasteiger partial charge in [0.1, 0.15) is 5.69 Å². The number of fused-ring (bicyclic) bond motifs is 1. The van der Waals surface area contributed by atoms with Gasteiger partial charge in [-0.05, 0) is 19.1 Å². The third-order valence-electron chi connectivity index (χ3n) is 1.98. The fourth-order valence-electron chi connectivity index (χ4n) is 1.29. The number of amides is 1. The number of hydrogen-bond acceptors (Lipinski definition) is 3. The Morgan fingerprint density at radius 3 is 3.27 bits per heavy atom. The molecule has 0 aromatic carbocycles. The van der Waals surface area contributed by atoms with Crippen LogP contribution in [-0.4, -0.2) is 22.5 Å². The first-order chi connectivity index (χ1) is 7.31. The third-order valence-corrected chi connectivity index (χ3v) is 1.98. The third kappa shape index (κ3) is 1.97. The molecule has 15 heavy (non-hydrogen) atoms. The Hall–Kier alpha value is -1.88. The van der Waals surface area contributed by atoms with Crippen LogP contribution < -0.4 is 5.48 Å². The molecule has 0 atom stereocenters. The number of H-pyrrole nitrogens is 1. The van der Waals surface area contributed by atoms with Crippen LogP contribution in [0.1, 0.15) is 17.4 Å². The number of carbonyl (C=O) groups excluding carboxylic acids is 1. The van der Waals surface area contributed by atoms with Gasteiger partial charge in [0.15, 0.2) is 0 Å². The summed E-state index contributed by atoms with van der Waals surface area (Å²) in [4.78, 5) is 23.2. The molecule has 2 aromatic heterocycles. The molecule has 0 spiro atoms. The van der Waals surface area contributed by atoms with E-state index in [9.17, 15) is 4.79 Å². The molecule has 78 valence electrons. The number of carbonyl (C=O) groups is 1. The summed E-state index contributed by atoms with van der Waals surface area (Å²) in [5.41, 5.74) is 3.62. The molecule has 2 aromatic rings. The van der Waals surface area contributed by atoms with Gasteiger partial charge in [0.05, 0.1) is 18.3 Å². The van der Waals surface area contributed by atoms with Gasteiger partial charge in [-0.15, -0.1) is 0 Å². The number of pyridine rings is 1. The molecular weight excluding hydrogens is 194 g/mol. The van der Waals surface area contributed by atoms with Crippen LogP contribution in [0, 0.1) is 0 Å². The number of aromatic amines is 1. The zero-order valence-corrected chi connectivity index (χ0v) is 8.28. The van der Waals surface area contributed by atoms with Crippen molar-refractivity contribution >= 4 is 16.8 Å². The van der Waals surface area contributed by atoms with Gasteiger partial charge in [-0.25, -0.2) is 5.48 Å². The molecular formula is C10H11N3O2. The smallest absolute Gasteiger partial charge is 0.291 e. The average Bonchev–Trinajstić information content (AvgIpc) is 2.69. The lowest BCUT2D eigenvalue weighted by atomic mass is 10.3. The van der Waals surface area contributed by atoms with Crippen molar-refractivity contribution in [2.75, 3.05) is 6.61 Å². The van der Waals surface area contributed by atoms with Crippen LogP contribution in [0.5, 0.6) is 0 Å². The van der Waals surface area contributed by atoms with E-state index in [-0.39, 0.29) is 5.91 Å². The van der Waals surface area contributed by atoms with Crippen molar-refractivity contribution in [1.82, 2.24) is 15.4 Å². The summed E-state index contributed by atoms with van der Waals surface area (Å²) in [6.45, 7) is 2.24. The molecule has 5 heteroatoms. The van der Waals surface area contributed by atoms with Crippen LogP contribution in [0.15, 0.2) is 24.5 Å². The summed E-state index contributed by atoms with van der Waals surface area (Å²) in [6, 6.07) is 3.59. The Kier molecular flexibility index (Phi) is 2.64. The van der Waals surface area contributed by atoms with Crippen LogP contribution >= 0.6 is 0 Å². The molecule has 0 saturated heterocycles. The van der Waals surface area contributed by atoms with E-state index in [2.05, 4.69) is 15.4 Å². The lowest BCUT2D eigenvalue weighted by Gasteiger charge is -2.00. The molecule has 5 nitrogen and oxygen atoms in total. The van der Waals surface area contributed by atoms with Crippen LogP contribution in [0.25, 0.3) is 10.9 Å². The van der Waals surface area contributed by atoms with Crippen LogP contribution in [0.3, 0.4) is 0 Å². The number of hydrogen-bond donors (Lipinski definition) is 2. The van der Waals surface area contributed by atoms with E-state index in [4.69, 9.17) is 4.84 Å². The summed E-state index contributed by atoms with van der Waals surface area (Å²) in [6.07, 6.45) is 3.35. The minimum atomic E-state index is -0.284. The molecule has 0 aliphatic carbocycles. The van der Waals surface area contributed by atoms with Crippen molar-refractivity contribution in [2.24, 2.45) is 0 Å². The highest BCUT2D eigenvalue weighted by Gasteiger charge is 2.08. The summed E-state index contributed by atoms with van der Waals surface area (Å²) in [5, 5.41) is 0.951. The normalized spacial score (nSPS) is 10.5. The molecule has 0 radical (unpaired) electrons. The Labute approximate surface area is 86.4 Å². The Morgan fingerprint density at radius 1 is 1.67 bits per heavy atom. The summed E-state index contributed by atoms with van der Waals surface area (Å²) in [7, 11) is 0.